The van der Waals surface area contributed by atoms with E-state index in [1.54, 1.807) is 17.0 Å². The molecule has 2 aliphatic rings. The van der Waals surface area contributed by atoms with Gasteiger partial charge in [0.1, 0.15) is 0 Å². The van der Waals surface area contributed by atoms with Crippen molar-refractivity contribution in [2.24, 2.45) is 0 Å². The number of halogens is 1. The molecule has 7 nitrogen and oxygen atoms in total. The zero-order chi connectivity index (χ0) is 22.1. The first-order chi connectivity index (χ1) is 15.6. The Morgan fingerprint density at radius 2 is 1.94 bits per heavy atom. The monoisotopic (exact) mass is 450 g/mol. The number of benzene rings is 2. The average Bonchev–Trinajstić information content (AvgIpc) is 3.50. The molecule has 1 N–H and O–H groups in total. The first-order valence-electron chi connectivity index (χ1n) is 10.7. The van der Waals surface area contributed by atoms with Crippen molar-refractivity contribution < 1.29 is 14.1 Å². The summed E-state index contributed by atoms with van der Waals surface area (Å²) in [6.45, 7) is 3.12. The second kappa shape index (κ2) is 8.76. The maximum absolute atomic E-state index is 13.1. The van der Waals surface area contributed by atoms with Gasteiger partial charge < -0.3 is 14.6 Å². The quantitative estimate of drug-likeness (QED) is 0.587. The van der Waals surface area contributed by atoms with Crippen LogP contribution in [0.1, 0.15) is 37.3 Å². The molecule has 2 aromatic carbocycles. The molecule has 8 heteroatoms. The number of nitrogens with one attached hydrogen (secondary N) is 1. The molecule has 1 saturated heterocycles. The smallest absolute Gasteiger partial charge is 0.322 e. The van der Waals surface area contributed by atoms with Gasteiger partial charge in [0.15, 0.2) is 0 Å². The lowest BCUT2D eigenvalue weighted by Gasteiger charge is -2.36. The second-order valence-electron chi connectivity index (χ2n) is 7.97. The molecule has 164 valence electrons. The van der Waals surface area contributed by atoms with Crippen molar-refractivity contribution in [1.29, 1.82) is 0 Å². The molecule has 0 spiro atoms. The highest BCUT2D eigenvalue weighted by atomic mass is 35.5. The molecule has 2 aliphatic heterocycles. The van der Waals surface area contributed by atoms with Crippen LogP contribution in [0.5, 0.6) is 0 Å². The highest BCUT2D eigenvalue weighted by Crippen LogP contribution is 2.38. The number of hydrogen-bond donors (Lipinski definition) is 1. The van der Waals surface area contributed by atoms with Gasteiger partial charge in [-0.05, 0) is 37.5 Å². The molecule has 0 aliphatic carbocycles. The second-order valence-corrected chi connectivity index (χ2v) is 8.40. The number of amides is 2. The molecule has 2 amide bonds. The van der Waals surface area contributed by atoms with Crippen molar-refractivity contribution in [2.75, 3.05) is 13.2 Å². The van der Waals surface area contributed by atoms with Crippen molar-refractivity contribution >= 4 is 23.2 Å². The molecule has 0 radical (unpaired) electrons. The van der Waals surface area contributed by atoms with E-state index < -0.39 is 6.04 Å². The third-order valence-corrected chi connectivity index (χ3v) is 6.15. The van der Waals surface area contributed by atoms with E-state index in [4.69, 9.17) is 20.9 Å². The highest BCUT2D eigenvalue weighted by molar-refractivity contribution is 6.30. The minimum absolute atomic E-state index is 0.0200. The number of rotatable bonds is 5. The van der Waals surface area contributed by atoms with Gasteiger partial charge in [0, 0.05) is 22.9 Å². The van der Waals surface area contributed by atoms with Crippen LogP contribution in [0.15, 0.2) is 64.8 Å². The minimum atomic E-state index is -0.440. The van der Waals surface area contributed by atoms with Crippen LogP contribution in [-0.4, -0.2) is 40.3 Å². The van der Waals surface area contributed by atoms with Gasteiger partial charge >= 0.3 is 6.03 Å². The summed E-state index contributed by atoms with van der Waals surface area (Å²) in [4.78, 5) is 19.5. The Labute approximate surface area is 191 Å². The van der Waals surface area contributed by atoms with Crippen molar-refractivity contribution in [3.05, 3.63) is 76.8 Å². The minimum Gasteiger partial charge on any atom is -0.376 e. The summed E-state index contributed by atoms with van der Waals surface area (Å²) in [5.41, 5.74) is 3.28. The zero-order valence-corrected chi connectivity index (χ0v) is 18.4. The van der Waals surface area contributed by atoms with E-state index in [9.17, 15) is 4.79 Å². The van der Waals surface area contributed by atoms with Crippen LogP contribution in [0.25, 0.3) is 17.0 Å². The van der Waals surface area contributed by atoms with Crippen LogP contribution in [-0.2, 0) is 4.74 Å². The standard InChI is InChI=1S/C24H23ClN4O3/c1-15-20(23-27-22(28-32-23)17-6-3-2-4-7-17)21(16-9-11-18(25)12-10-16)26-24(30)29(15)14-19-8-5-13-31-19/h2-4,6-7,9-12,19,21H,5,8,13-14H2,1H3,(H,26,30). The fourth-order valence-electron chi connectivity index (χ4n) is 4.21. The van der Waals surface area contributed by atoms with E-state index in [1.807, 2.05) is 49.4 Å². The molecule has 3 aromatic rings. The number of allylic oxidation sites excluding steroid dienone is 1. The number of aromatic nitrogens is 2. The first-order valence-corrected chi connectivity index (χ1v) is 11.0. The number of carbonyl (C=O) groups is 1. The van der Waals surface area contributed by atoms with Crippen molar-refractivity contribution in [3.8, 4) is 11.4 Å². The number of ether oxygens (including phenoxy) is 1. The van der Waals surface area contributed by atoms with E-state index >= 15 is 0 Å². The van der Waals surface area contributed by atoms with Gasteiger partial charge in [-0.1, -0.05) is 59.2 Å². The molecule has 1 fully saturated rings. The molecule has 32 heavy (non-hydrogen) atoms. The largest absolute Gasteiger partial charge is 0.376 e. The van der Waals surface area contributed by atoms with Gasteiger partial charge in [0.2, 0.25) is 5.82 Å². The van der Waals surface area contributed by atoms with Gasteiger partial charge in [-0.15, -0.1) is 0 Å². The van der Waals surface area contributed by atoms with E-state index in [1.165, 1.54) is 0 Å². The molecule has 0 bridgehead atoms. The van der Waals surface area contributed by atoms with Crippen LogP contribution in [0.4, 0.5) is 4.79 Å². The summed E-state index contributed by atoms with van der Waals surface area (Å²) < 4.78 is 11.5. The summed E-state index contributed by atoms with van der Waals surface area (Å²) in [6.07, 6.45) is 1.96. The number of hydrogen-bond acceptors (Lipinski definition) is 5. The van der Waals surface area contributed by atoms with Gasteiger partial charge in [-0.25, -0.2) is 4.79 Å². The Morgan fingerprint density at radius 3 is 2.66 bits per heavy atom. The maximum Gasteiger partial charge on any atom is 0.322 e. The zero-order valence-electron chi connectivity index (χ0n) is 17.6. The van der Waals surface area contributed by atoms with Crippen LogP contribution in [0.2, 0.25) is 5.02 Å². The molecule has 2 atom stereocenters. The first kappa shape index (κ1) is 20.7. The fourth-order valence-corrected chi connectivity index (χ4v) is 4.34. The van der Waals surface area contributed by atoms with Gasteiger partial charge in [0.05, 0.1) is 24.3 Å². The molecule has 1 aromatic heterocycles. The van der Waals surface area contributed by atoms with Crippen molar-refractivity contribution in [1.82, 2.24) is 20.4 Å². The molecular formula is C24H23ClN4O3. The van der Waals surface area contributed by atoms with E-state index in [-0.39, 0.29) is 12.1 Å². The lowest BCUT2D eigenvalue weighted by molar-refractivity contribution is 0.0877. The van der Waals surface area contributed by atoms with E-state index in [0.29, 0.717) is 23.3 Å². The predicted molar refractivity (Wildman–Crippen MR) is 121 cm³/mol. The number of urea groups is 1. The molecule has 5 rings (SSSR count). The molecule has 0 saturated carbocycles. The van der Waals surface area contributed by atoms with E-state index in [0.717, 1.165) is 41.8 Å². The SMILES string of the molecule is CC1=C(c2nc(-c3ccccc3)no2)C(c2ccc(Cl)cc2)NC(=O)N1CC1CCCO1. The summed E-state index contributed by atoms with van der Waals surface area (Å²) in [5.74, 6) is 0.872. The topological polar surface area (TPSA) is 80.5 Å². The maximum atomic E-state index is 13.1. The Hall–Kier alpha value is -3.16. The lowest BCUT2D eigenvalue weighted by Crippen LogP contribution is -2.48. The summed E-state index contributed by atoms with van der Waals surface area (Å²) in [5, 5.41) is 7.92. The molecular weight excluding hydrogens is 428 g/mol. The van der Waals surface area contributed by atoms with Crippen LogP contribution in [0, 0.1) is 0 Å². The molecule has 3 heterocycles. The Balaban J connectivity index is 1.57. The summed E-state index contributed by atoms with van der Waals surface area (Å²) in [7, 11) is 0. The average molecular weight is 451 g/mol. The normalized spacial score (nSPS) is 21.2. The fraction of sp³-hybridized carbons (Fsp3) is 0.292. The third kappa shape index (κ3) is 4.01. The van der Waals surface area contributed by atoms with E-state index in [2.05, 4.69) is 15.5 Å². The Bertz CT molecular complexity index is 1140. The van der Waals surface area contributed by atoms with Crippen LogP contribution < -0.4 is 5.32 Å². The Morgan fingerprint density at radius 1 is 1.16 bits per heavy atom. The van der Waals surface area contributed by atoms with Gasteiger partial charge in [-0.2, -0.15) is 4.98 Å². The van der Waals surface area contributed by atoms with Crippen LogP contribution >= 0.6 is 11.6 Å². The molecule has 2 unspecified atom stereocenters. The van der Waals surface area contributed by atoms with Crippen LogP contribution in [0.3, 0.4) is 0 Å². The predicted octanol–water partition coefficient (Wildman–Crippen LogP) is 5.07. The highest BCUT2D eigenvalue weighted by Gasteiger charge is 2.37. The number of nitrogens with zero attached hydrogens (tertiary/aromatic N) is 3. The van der Waals surface area contributed by atoms with Gasteiger partial charge in [0.25, 0.3) is 5.89 Å². The number of carbonyl (C=O) groups excluding carboxylic acids is 1. The van der Waals surface area contributed by atoms with Crippen molar-refractivity contribution in [3.63, 3.8) is 0 Å². The Kier molecular flexibility index (Phi) is 5.68. The van der Waals surface area contributed by atoms with Crippen molar-refractivity contribution in [2.45, 2.75) is 31.9 Å². The third-order valence-electron chi connectivity index (χ3n) is 5.90. The summed E-state index contributed by atoms with van der Waals surface area (Å²) in [6, 6.07) is 16.4. The van der Waals surface area contributed by atoms with Gasteiger partial charge in [-0.3, -0.25) is 4.90 Å². The lowest BCUT2D eigenvalue weighted by atomic mass is 9.94. The summed E-state index contributed by atoms with van der Waals surface area (Å²) >= 11 is 6.09.